The fraction of sp³-hybridized carbons (Fsp3) is 1.00. The zero-order valence-electron chi connectivity index (χ0n) is 7.15. The summed E-state index contributed by atoms with van der Waals surface area (Å²) < 4.78 is 0. The van der Waals surface area contributed by atoms with E-state index in [-0.39, 0.29) is 0 Å². The number of hydrogen-bond acceptors (Lipinski definition) is 1. The molecule has 0 amide bonds. The summed E-state index contributed by atoms with van der Waals surface area (Å²) in [6, 6.07) is 0. The van der Waals surface area contributed by atoms with Crippen LogP contribution in [0.3, 0.4) is 0 Å². The quantitative estimate of drug-likeness (QED) is 0.511. The Hall–Kier alpha value is -0.0400. The van der Waals surface area contributed by atoms with Gasteiger partial charge in [-0.1, -0.05) is 13.8 Å². The van der Waals surface area contributed by atoms with Crippen molar-refractivity contribution in [2.24, 2.45) is 5.92 Å². The lowest BCUT2D eigenvalue weighted by Crippen LogP contribution is -2.33. The topological polar surface area (TPSA) is 5.90 Å². The van der Waals surface area contributed by atoms with E-state index < -0.39 is 0 Å². The first-order valence-corrected chi connectivity index (χ1v) is 3.93. The monoisotopic (exact) mass is 129 g/mol. The van der Waals surface area contributed by atoms with Crippen LogP contribution in [0.5, 0.6) is 0 Å². The van der Waals surface area contributed by atoms with E-state index in [1.54, 1.807) is 0 Å². The molecule has 1 nitrogen and oxygen atoms in total. The molecule has 0 spiro atoms. The SMILES string of the molecule is CC[N+](CC)CC(C)C. The fourth-order valence-electron chi connectivity index (χ4n) is 0.998. The molecule has 0 rings (SSSR count). The molecule has 0 aromatic carbocycles. The maximum atomic E-state index is 2.45. The molecule has 0 aliphatic rings. The third kappa shape index (κ3) is 4.46. The first-order valence-electron chi connectivity index (χ1n) is 3.93. The highest BCUT2D eigenvalue weighted by Gasteiger charge is 2.09. The minimum Gasteiger partial charge on any atom is -0.170 e. The molecule has 0 atom stereocenters. The van der Waals surface area contributed by atoms with Crippen molar-refractivity contribution in [3.8, 4) is 0 Å². The average Bonchev–Trinajstić information content (AvgIpc) is 1.82. The van der Waals surface area contributed by atoms with Gasteiger partial charge in [0.05, 0.1) is 0 Å². The summed E-state index contributed by atoms with van der Waals surface area (Å²) in [6.45, 7) is 12.6. The van der Waals surface area contributed by atoms with E-state index in [0.29, 0.717) is 0 Å². The van der Waals surface area contributed by atoms with Crippen molar-refractivity contribution >= 4 is 0 Å². The van der Waals surface area contributed by atoms with E-state index in [1.165, 1.54) is 19.6 Å². The zero-order chi connectivity index (χ0) is 7.28. The van der Waals surface area contributed by atoms with Crippen molar-refractivity contribution in [2.75, 3.05) is 19.6 Å². The van der Waals surface area contributed by atoms with Gasteiger partial charge in [-0.2, -0.15) is 4.90 Å². The summed E-state index contributed by atoms with van der Waals surface area (Å²) in [4.78, 5) is 2.45. The molecule has 55 valence electrons. The van der Waals surface area contributed by atoms with Crippen molar-refractivity contribution in [2.45, 2.75) is 27.7 Å². The normalized spacial score (nSPS) is 11.3. The van der Waals surface area contributed by atoms with Crippen LogP contribution >= 0.6 is 0 Å². The number of nitrogens with zero attached hydrogens (tertiary/aromatic N) is 1. The summed E-state index contributed by atoms with van der Waals surface area (Å²) in [7, 11) is 0. The van der Waals surface area contributed by atoms with Crippen LogP contribution in [0.15, 0.2) is 0 Å². The molecule has 0 N–H and O–H groups in total. The highest BCUT2D eigenvalue weighted by Crippen LogP contribution is 1.93. The van der Waals surface area contributed by atoms with Gasteiger partial charge < -0.3 is 0 Å². The maximum Gasteiger partial charge on any atom is 0.125 e. The fourth-order valence-corrected chi connectivity index (χ4v) is 0.998. The van der Waals surface area contributed by atoms with E-state index in [4.69, 9.17) is 0 Å². The average molecular weight is 129 g/mol. The molecular formula is C8H19N+. The second kappa shape index (κ2) is 4.80. The minimum atomic E-state index is 0.810. The van der Waals surface area contributed by atoms with Crippen LogP contribution in [0.25, 0.3) is 0 Å². The predicted octanol–water partition coefficient (Wildman–Crippen LogP) is 1.82. The lowest BCUT2D eigenvalue weighted by atomic mass is 10.2. The predicted molar refractivity (Wildman–Crippen MR) is 42.9 cm³/mol. The molecule has 0 aliphatic carbocycles. The van der Waals surface area contributed by atoms with Crippen LogP contribution in [-0.2, 0) is 0 Å². The van der Waals surface area contributed by atoms with Gasteiger partial charge in [0.2, 0.25) is 0 Å². The molecule has 0 aromatic heterocycles. The van der Waals surface area contributed by atoms with E-state index in [9.17, 15) is 0 Å². The maximum absolute atomic E-state index is 2.45. The van der Waals surface area contributed by atoms with Gasteiger partial charge in [-0.05, 0) is 13.8 Å². The van der Waals surface area contributed by atoms with E-state index in [2.05, 4.69) is 32.6 Å². The van der Waals surface area contributed by atoms with Crippen LogP contribution in [0.2, 0.25) is 0 Å². The Labute approximate surface area is 59.1 Å². The van der Waals surface area contributed by atoms with Crippen LogP contribution in [-0.4, -0.2) is 19.6 Å². The van der Waals surface area contributed by atoms with Crippen molar-refractivity contribution in [1.29, 1.82) is 0 Å². The Balaban J connectivity index is 3.31. The Morgan fingerprint density at radius 1 is 1.11 bits per heavy atom. The van der Waals surface area contributed by atoms with Gasteiger partial charge >= 0.3 is 0 Å². The summed E-state index contributed by atoms with van der Waals surface area (Å²) in [5.41, 5.74) is 0. The van der Waals surface area contributed by atoms with Gasteiger partial charge in [-0.15, -0.1) is 0 Å². The van der Waals surface area contributed by atoms with E-state index in [0.717, 1.165) is 5.92 Å². The van der Waals surface area contributed by atoms with Crippen molar-refractivity contribution < 1.29 is 0 Å². The Morgan fingerprint density at radius 2 is 1.56 bits per heavy atom. The summed E-state index contributed by atoms with van der Waals surface area (Å²) in [5, 5.41) is 0. The minimum absolute atomic E-state index is 0.810. The van der Waals surface area contributed by atoms with Gasteiger partial charge in [0.15, 0.2) is 0 Å². The summed E-state index contributed by atoms with van der Waals surface area (Å²) in [5.74, 6) is 0.810. The highest BCUT2D eigenvalue weighted by molar-refractivity contribution is 4.60. The van der Waals surface area contributed by atoms with Gasteiger partial charge in [0.25, 0.3) is 0 Å². The van der Waals surface area contributed by atoms with Gasteiger partial charge in [0, 0.05) is 5.92 Å². The molecule has 0 fully saturated rings. The molecule has 1 radical (unpaired) electrons. The third-order valence-corrected chi connectivity index (χ3v) is 1.52. The lowest BCUT2D eigenvalue weighted by Gasteiger charge is -2.09. The van der Waals surface area contributed by atoms with Gasteiger partial charge in [-0.3, -0.25) is 0 Å². The Kier molecular flexibility index (Phi) is 4.78. The second-order valence-electron chi connectivity index (χ2n) is 2.88. The molecular weight excluding hydrogens is 110 g/mol. The number of hydrogen-bond donors (Lipinski definition) is 0. The largest absolute Gasteiger partial charge is 0.170 e. The second-order valence-corrected chi connectivity index (χ2v) is 2.88. The molecule has 0 saturated heterocycles. The molecule has 0 aromatic rings. The molecule has 0 aliphatic heterocycles. The molecule has 0 bridgehead atoms. The van der Waals surface area contributed by atoms with Crippen molar-refractivity contribution in [1.82, 2.24) is 4.90 Å². The first-order chi connectivity index (χ1) is 4.20. The Morgan fingerprint density at radius 3 is 1.67 bits per heavy atom. The Bertz CT molecular complexity index is 55.6. The number of rotatable bonds is 4. The van der Waals surface area contributed by atoms with Gasteiger partial charge in [-0.25, -0.2) is 0 Å². The smallest absolute Gasteiger partial charge is 0.125 e. The molecule has 9 heavy (non-hydrogen) atoms. The highest BCUT2D eigenvalue weighted by atomic mass is 15.1. The first kappa shape index (κ1) is 8.96. The molecule has 0 saturated carbocycles. The van der Waals surface area contributed by atoms with Crippen molar-refractivity contribution in [3.05, 3.63) is 0 Å². The molecule has 1 heteroatoms. The van der Waals surface area contributed by atoms with E-state index in [1.807, 2.05) is 0 Å². The summed E-state index contributed by atoms with van der Waals surface area (Å²) >= 11 is 0. The van der Waals surface area contributed by atoms with E-state index >= 15 is 0 Å². The molecule has 0 heterocycles. The standard InChI is InChI=1S/C8H19N/c1-5-9(6-2)7-8(3)4/h8H,5-7H2,1-4H3/q+1. The van der Waals surface area contributed by atoms with Gasteiger partial charge in [0.1, 0.15) is 19.6 Å². The zero-order valence-corrected chi connectivity index (χ0v) is 7.15. The van der Waals surface area contributed by atoms with Crippen LogP contribution in [0.1, 0.15) is 27.7 Å². The lowest BCUT2D eigenvalue weighted by molar-refractivity contribution is 0.390. The van der Waals surface area contributed by atoms with Crippen LogP contribution in [0.4, 0.5) is 0 Å². The van der Waals surface area contributed by atoms with Crippen molar-refractivity contribution in [3.63, 3.8) is 0 Å². The molecule has 0 unspecified atom stereocenters. The summed E-state index contributed by atoms with van der Waals surface area (Å²) in [6.07, 6.45) is 0. The van der Waals surface area contributed by atoms with Crippen LogP contribution < -0.4 is 4.90 Å². The third-order valence-electron chi connectivity index (χ3n) is 1.52. The van der Waals surface area contributed by atoms with Crippen LogP contribution in [0, 0.1) is 5.92 Å².